The van der Waals surface area contributed by atoms with Crippen molar-refractivity contribution in [3.8, 4) is 0 Å². The normalized spacial score (nSPS) is 19.2. The van der Waals surface area contributed by atoms with Crippen molar-refractivity contribution in [3.63, 3.8) is 0 Å². The number of rotatable bonds is 6. The zero-order valence-corrected chi connectivity index (χ0v) is 10.8. The van der Waals surface area contributed by atoms with Crippen molar-refractivity contribution < 1.29 is 5.11 Å². The van der Waals surface area contributed by atoms with E-state index in [-0.39, 0.29) is 6.61 Å². The van der Waals surface area contributed by atoms with Gasteiger partial charge >= 0.3 is 0 Å². The molecule has 0 bridgehead atoms. The number of hydrogen-bond acceptors (Lipinski definition) is 6. The number of aliphatic hydroxyl groups is 1. The van der Waals surface area contributed by atoms with Crippen LogP contribution in [-0.2, 0) is 0 Å². The number of hydrogen-bond donors (Lipinski definition) is 3. The second-order valence-electron chi connectivity index (χ2n) is 4.46. The summed E-state index contributed by atoms with van der Waals surface area (Å²) in [5, 5.41) is 15.1. The van der Waals surface area contributed by atoms with Crippen LogP contribution >= 0.6 is 0 Å². The Balaban J connectivity index is 1.94. The van der Waals surface area contributed by atoms with Gasteiger partial charge in [-0.1, -0.05) is 0 Å². The zero-order chi connectivity index (χ0) is 12.8. The van der Waals surface area contributed by atoms with Crippen LogP contribution in [-0.4, -0.2) is 54.4 Å². The average molecular weight is 251 g/mol. The van der Waals surface area contributed by atoms with Gasteiger partial charge in [0.1, 0.15) is 5.82 Å². The number of nitrogens with one attached hydrogen (secondary N) is 2. The third-order valence-electron chi connectivity index (χ3n) is 3.18. The Hall–Kier alpha value is -1.40. The van der Waals surface area contributed by atoms with Crippen molar-refractivity contribution in [1.29, 1.82) is 0 Å². The third kappa shape index (κ3) is 3.30. The summed E-state index contributed by atoms with van der Waals surface area (Å²) in [5.41, 5.74) is 0. The van der Waals surface area contributed by atoms with E-state index in [1.807, 2.05) is 13.1 Å². The van der Waals surface area contributed by atoms with Gasteiger partial charge in [-0.3, -0.25) is 0 Å². The first-order valence-corrected chi connectivity index (χ1v) is 6.43. The SMILES string of the molecule is CNC1CCN(c2ccnc(NCCCO)n2)C1. The molecule has 6 nitrogen and oxygen atoms in total. The summed E-state index contributed by atoms with van der Waals surface area (Å²) in [7, 11) is 2.00. The molecule has 0 spiro atoms. The van der Waals surface area contributed by atoms with E-state index in [0.29, 0.717) is 25.0 Å². The molecule has 0 radical (unpaired) electrons. The first-order valence-electron chi connectivity index (χ1n) is 6.43. The Labute approximate surface area is 107 Å². The summed E-state index contributed by atoms with van der Waals surface area (Å²) < 4.78 is 0. The average Bonchev–Trinajstić information content (AvgIpc) is 2.88. The van der Waals surface area contributed by atoms with Crippen LogP contribution in [0.15, 0.2) is 12.3 Å². The highest BCUT2D eigenvalue weighted by Crippen LogP contribution is 2.18. The van der Waals surface area contributed by atoms with Gasteiger partial charge in [0, 0.05) is 38.5 Å². The fourth-order valence-electron chi connectivity index (χ4n) is 2.09. The maximum absolute atomic E-state index is 8.73. The highest BCUT2D eigenvalue weighted by molar-refractivity contribution is 5.43. The molecule has 0 amide bonds. The van der Waals surface area contributed by atoms with Crippen molar-refractivity contribution in [1.82, 2.24) is 15.3 Å². The third-order valence-corrected chi connectivity index (χ3v) is 3.18. The molecule has 6 heteroatoms. The summed E-state index contributed by atoms with van der Waals surface area (Å²) in [6, 6.07) is 2.49. The molecule has 1 saturated heterocycles. The van der Waals surface area contributed by atoms with Crippen molar-refractivity contribution >= 4 is 11.8 Å². The summed E-state index contributed by atoms with van der Waals surface area (Å²) in [6.07, 6.45) is 3.63. The fraction of sp³-hybridized carbons (Fsp3) is 0.667. The van der Waals surface area contributed by atoms with Crippen LogP contribution in [0.3, 0.4) is 0 Å². The van der Waals surface area contributed by atoms with Crippen LogP contribution in [0, 0.1) is 0 Å². The number of aromatic nitrogens is 2. The first-order chi connectivity index (χ1) is 8.83. The first kappa shape index (κ1) is 13.0. The van der Waals surface area contributed by atoms with E-state index in [4.69, 9.17) is 5.11 Å². The molecule has 1 aromatic heterocycles. The van der Waals surface area contributed by atoms with E-state index in [1.165, 1.54) is 0 Å². The minimum Gasteiger partial charge on any atom is -0.396 e. The zero-order valence-electron chi connectivity index (χ0n) is 10.8. The molecule has 3 N–H and O–H groups in total. The van der Waals surface area contributed by atoms with E-state index in [0.717, 1.165) is 25.3 Å². The number of likely N-dealkylation sites (N-methyl/N-ethyl adjacent to an activating group) is 1. The summed E-state index contributed by atoms with van der Waals surface area (Å²) in [6.45, 7) is 2.89. The molecule has 2 heterocycles. The van der Waals surface area contributed by atoms with Gasteiger partial charge in [0.15, 0.2) is 0 Å². The predicted octanol–water partition coefficient (Wildman–Crippen LogP) is 0.0690. The van der Waals surface area contributed by atoms with Gasteiger partial charge in [0.25, 0.3) is 0 Å². The molecule has 1 atom stereocenters. The standard InChI is InChI=1S/C12H21N5O/c1-13-10-4-7-17(9-10)11-3-6-15-12(16-11)14-5-2-8-18/h3,6,10,13,18H,2,4-5,7-9H2,1H3,(H,14,15,16). The van der Waals surface area contributed by atoms with E-state index < -0.39 is 0 Å². The maximum Gasteiger partial charge on any atom is 0.224 e. The van der Waals surface area contributed by atoms with Crippen molar-refractivity contribution in [2.75, 3.05) is 43.5 Å². The molecule has 1 unspecified atom stereocenters. The Morgan fingerprint density at radius 3 is 3.17 bits per heavy atom. The fourth-order valence-corrected chi connectivity index (χ4v) is 2.09. The molecular formula is C12H21N5O. The Bertz CT molecular complexity index is 373. The van der Waals surface area contributed by atoms with E-state index in [9.17, 15) is 0 Å². The quantitative estimate of drug-likeness (QED) is 0.621. The lowest BCUT2D eigenvalue weighted by Gasteiger charge is -2.17. The Morgan fingerprint density at radius 2 is 2.44 bits per heavy atom. The molecule has 1 aromatic rings. The molecule has 100 valence electrons. The van der Waals surface area contributed by atoms with Gasteiger partial charge in [-0.05, 0) is 26.0 Å². The van der Waals surface area contributed by atoms with Gasteiger partial charge in [-0.25, -0.2) is 4.98 Å². The lowest BCUT2D eigenvalue weighted by molar-refractivity contribution is 0.292. The second-order valence-corrected chi connectivity index (χ2v) is 4.46. The highest BCUT2D eigenvalue weighted by atomic mass is 16.3. The van der Waals surface area contributed by atoms with Crippen LogP contribution in [0.1, 0.15) is 12.8 Å². The van der Waals surface area contributed by atoms with Crippen LogP contribution in [0.5, 0.6) is 0 Å². The van der Waals surface area contributed by atoms with Crippen molar-refractivity contribution in [2.45, 2.75) is 18.9 Å². The largest absolute Gasteiger partial charge is 0.396 e. The second kappa shape index (κ2) is 6.51. The summed E-state index contributed by atoms with van der Waals surface area (Å²) in [5.74, 6) is 1.60. The Kier molecular flexibility index (Phi) is 4.72. The molecular weight excluding hydrogens is 230 g/mol. The monoisotopic (exact) mass is 251 g/mol. The predicted molar refractivity (Wildman–Crippen MR) is 71.9 cm³/mol. The van der Waals surface area contributed by atoms with E-state index in [1.54, 1.807) is 6.20 Å². The smallest absolute Gasteiger partial charge is 0.224 e. The highest BCUT2D eigenvalue weighted by Gasteiger charge is 2.22. The minimum absolute atomic E-state index is 0.183. The molecule has 0 saturated carbocycles. The van der Waals surface area contributed by atoms with Gasteiger partial charge in [0.05, 0.1) is 0 Å². The van der Waals surface area contributed by atoms with Gasteiger partial charge in [-0.15, -0.1) is 0 Å². The molecule has 1 fully saturated rings. The van der Waals surface area contributed by atoms with Crippen LogP contribution in [0.2, 0.25) is 0 Å². The van der Waals surface area contributed by atoms with E-state index in [2.05, 4.69) is 25.5 Å². The minimum atomic E-state index is 0.183. The topological polar surface area (TPSA) is 73.3 Å². The van der Waals surface area contributed by atoms with Crippen molar-refractivity contribution in [3.05, 3.63) is 12.3 Å². The van der Waals surface area contributed by atoms with Crippen molar-refractivity contribution in [2.24, 2.45) is 0 Å². The lowest BCUT2D eigenvalue weighted by Crippen LogP contribution is -2.30. The van der Waals surface area contributed by atoms with Gasteiger partial charge in [0.2, 0.25) is 5.95 Å². The summed E-state index contributed by atoms with van der Waals surface area (Å²) >= 11 is 0. The molecule has 0 aliphatic carbocycles. The molecule has 18 heavy (non-hydrogen) atoms. The van der Waals surface area contributed by atoms with Gasteiger partial charge in [-0.2, -0.15) is 4.98 Å². The molecule has 2 rings (SSSR count). The number of aliphatic hydroxyl groups excluding tert-OH is 1. The van der Waals surface area contributed by atoms with E-state index >= 15 is 0 Å². The van der Waals surface area contributed by atoms with Crippen LogP contribution < -0.4 is 15.5 Å². The van der Waals surface area contributed by atoms with Crippen LogP contribution in [0.4, 0.5) is 11.8 Å². The number of nitrogens with zero attached hydrogens (tertiary/aromatic N) is 3. The Morgan fingerprint density at radius 1 is 1.56 bits per heavy atom. The lowest BCUT2D eigenvalue weighted by atomic mass is 10.3. The number of anilines is 2. The maximum atomic E-state index is 8.73. The molecule has 1 aliphatic heterocycles. The summed E-state index contributed by atoms with van der Waals surface area (Å²) in [4.78, 5) is 10.9. The van der Waals surface area contributed by atoms with Gasteiger partial charge < -0.3 is 20.6 Å². The van der Waals surface area contributed by atoms with Crippen LogP contribution in [0.25, 0.3) is 0 Å². The molecule has 1 aliphatic rings. The molecule has 0 aromatic carbocycles.